The van der Waals surface area contributed by atoms with Crippen molar-refractivity contribution in [3.05, 3.63) is 101 Å². The second-order valence-corrected chi connectivity index (χ2v) is 6.90. The van der Waals surface area contributed by atoms with Gasteiger partial charge in [0.25, 0.3) is 5.91 Å². The van der Waals surface area contributed by atoms with Crippen LogP contribution < -0.4 is 5.43 Å². The van der Waals surface area contributed by atoms with Crippen molar-refractivity contribution < 1.29 is 18.0 Å². The summed E-state index contributed by atoms with van der Waals surface area (Å²) in [5.41, 5.74) is 4.68. The molecule has 0 spiro atoms. The number of benzene rings is 3. The Morgan fingerprint density at radius 3 is 2.61 bits per heavy atom. The highest BCUT2D eigenvalue weighted by molar-refractivity contribution is 5.97. The topological polar surface area (TPSA) is 70.1 Å². The maximum Gasteiger partial charge on any atom is 0.416 e. The molecule has 0 saturated heterocycles. The molecule has 1 amide bonds. The molecule has 0 bridgehead atoms. The van der Waals surface area contributed by atoms with Crippen molar-refractivity contribution in [2.75, 3.05) is 0 Å². The number of H-pyrrole nitrogens is 1. The molecule has 0 fully saturated rings. The Bertz CT molecular complexity index is 1250. The van der Waals surface area contributed by atoms with E-state index in [9.17, 15) is 18.0 Å². The fourth-order valence-corrected chi connectivity index (χ4v) is 3.10. The summed E-state index contributed by atoms with van der Waals surface area (Å²) in [4.78, 5) is 20.1. The van der Waals surface area contributed by atoms with Crippen molar-refractivity contribution in [1.82, 2.24) is 15.4 Å². The zero-order valence-corrected chi connectivity index (χ0v) is 16.1. The lowest BCUT2D eigenvalue weighted by Gasteiger charge is -2.06. The van der Waals surface area contributed by atoms with Gasteiger partial charge in [0.1, 0.15) is 5.82 Å². The molecule has 0 radical (unpaired) electrons. The average molecular weight is 422 g/mol. The summed E-state index contributed by atoms with van der Waals surface area (Å²) < 4.78 is 38.3. The standard InChI is InChI=1S/C23H17F3N4O/c24-23(25,26)18-8-4-7-16(11-18)14-27-30-22(31)17-9-10-19-20(13-17)29-21(28-19)12-15-5-2-1-3-6-15/h1-11,13-14H,12H2,(H,28,29)(H,30,31)/b27-14-. The molecule has 0 aliphatic heterocycles. The number of aromatic nitrogens is 2. The van der Waals surface area contributed by atoms with Crippen LogP contribution in [0.15, 0.2) is 77.9 Å². The fraction of sp³-hybridized carbons (Fsp3) is 0.0870. The summed E-state index contributed by atoms with van der Waals surface area (Å²) >= 11 is 0. The highest BCUT2D eigenvalue weighted by atomic mass is 19.4. The minimum atomic E-state index is -4.44. The molecule has 0 aliphatic rings. The Balaban J connectivity index is 1.45. The number of imidazole rings is 1. The smallest absolute Gasteiger partial charge is 0.342 e. The highest BCUT2D eigenvalue weighted by Crippen LogP contribution is 2.29. The van der Waals surface area contributed by atoms with Gasteiger partial charge in [-0.1, -0.05) is 42.5 Å². The van der Waals surface area contributed by atoms with Gasteiger partial charge in [0, 0.05) is 12.0 Å². The second-order valence-electron chi connectivity index (χ2n) is 6.90. The lowest BCUT2D eigenvalue weighted by molar-refractivity contribution is -0.137. The lowest BCUT2D eigenvalue weighted by atomic mass is 10.1. The van der Waals surface area contributed by atoms with Gasteiger partial charge in [-0.15, -0.1) is 0 Å². The number of hydrazone groups is 1. The van der Waals surface area contributed by atoms with Gasteiger partial charge < -0.3 is 4.98 Å². The minimum absolute atomic E-state index is 0.227. The normalized spacial score (nSPS) is 11.8. The molecule has 0 saturated carbocycles. The summed E-state index contributed by atoms with van der Waals surface area (Å²) in [7, 11) is 0. The summed E-state index contributed by atoms with van der Waals surface area (Å²) in [5.74, 6) is 0.297. The van der Waals surface area contributed by atoms with Crippen LogP contribution in [0, 0.1) is 0 Å². The van der Waals surface area contributed by atoms with Crippen LogP contribution in [0.4, 0.5) is 13.2 Å². The van der Waals surface area contributed by atoms with Crippen LogP contribution in [0.1, 0.15) is 32.9 Å². The van der Waals surface area contributed by atoms with Gasteiger partial charge in [0.05, 0.1) is 22.8 Å². The van der Waals surface area contributed by atoms with E-state index >= 15 is 0 Å². The van der Waals surface area contributed by atoms with Crippen LogP contribution in [0.25, 0.3) is 11.0 Å². The lowest BCUT2D eigenvalue weighted by Crippen LogP contribution is -2.17. The molecule has 4 rings (SSSR count). The first-order chi connectivity index (χ1) is 14.9. The van der Waals surface area contributed by atoms with E-state index in [0.29, 0.717) is 17.5 Å². The van der Waals surface area contributed by atoms with E-state index in [0.717, 1.165) is 29.0 Å². The molecule has 0 atom stereocenters. The Morgan fingerprint density at radius 1 is 1.03 bits per heavy atom. The first-order valence-electron chi connectivity index (χ1n) is 9.42. The number of nitrogens with zero attached hydrogens (tertiary/aromatic N) is 2. The molecule has 3 aromatic carbocycles. The number of nitrogens with one attached hydrogen (secondary N) is 2. The molecule has 156 valence electrons. The average Bonchev–Trinajstić information content (AvgIpc) is 3.15. The van der Waals surface area contributed by atoms with Gasteiger partial charge in [-0.3, -0.25) is 4.79 Å². The molecule has 8 heteroatoms. The minimum Gasteiger partial charge on any atom is -0.342 e. The second kappa shape index (κ2) is 8.43. The van der Waals surface area contributed by atoms with E-state index in [4.69, 9.17) is 0 Å². The van der Waals surface area contributed by atoms with Gasteiger partial charge in [-0.05, 0) is 41.5 Å². The number of amides is 1. The van der Waals surface area contributed by atoms with Crippen LogP contribution in [0.5, 0.6) is 0 Å². The van der Waals surface area contributed by atoms with Crippen LogP contribution in [-0.4, -0.2) is 22.1 Å². The van der Waals surface area contributed by atoms with E-state index < -0.39 is 17.6 Å². The number of hydrogen-bond donors (Lipinski definition) is 2. The third-order valence-corrected chi connectivity index (χ3v) is 4.60. The maximum absolute atomic E-state index is 12.8. The summed E-state index contributed by atoms with van der Waals surface area (Å²) in [6.45, 7) is 0. The molecule has 2 N–H and O–H groups in total. The predicted octanol–water partition coefficient (Wildman–Crippen LogP) is 4.94. The van der Waals surface area contributed by atoms with Gasteiger partial charge in [0.2, 0.25) is 0 Å². The van der Waals surface area contributed by atoms with Crippen molar-refractivity contribution in [2.45, 2.75) is 12.6 Å². The maximum atomic E-state index is 12.8. The van der Waals surface area contributed by atoms with E-state index in [1.807, 2.05) is 30.3 Å². The number of fused-ring (bicyclic) bond motifs is 1. The molecule has 1 heterocycles. The Hall–Kier alpha value is -3.94. The van der Waals surface area contributed by atoms with Crippen molar-refractivity contribution >= 4 is 23.2 Å². The Morgan fingerprint density at radius 2 is 1.84 bits per heavy atom. The van der Waals surface area contributed by atoms with Crippen molar-refractivity contribution in [2.24, 2.45) is 5.10 Å². The third-order valence-electron chi connectivity index (χ3n) is 4.60. The Kier molecular flexibility index (Phi) is 5.53. The monoisotopic (exact) mass is 422 g/mol. The Labute approximate surface area is 175 Å². The zero-order chi connectivity index (χ0) is 21.8. The molecule has 5 nitrogen and oxygen atoms in total. The van der Waals surface area contributed by atoms with E-state index in [-0.39, 0.29) is 5.56 Å². The van der Waals surface area contributed by atoms with Crippen molar-refractivity contribution in [1.29, 1.82) is 0 Å². The first kappa shape index (κ1) is 20.3. The predicted molar refractivity (Wildman–Crippen MR) is 112 cm³/mol. The van der Waals surface area contributed by atoms with Crippen LogP contribution in [0.2, 0.25) is 0 Å². The van der Waals surface area contributed by atoms with Gasteiger partial charge >= 0.3 is 6.18 Å². The van der Waals surface area contributed by atoms with E-state index in [2.05, 4.69) is 20.5 Å². The number of halogens is 3. The first-order valence-corrected chi connectivity index (χ1v) is 9.42. The third kappa shape index (κ3) is 4.98. The molecular weight excluding hydrogens is 405 g/mol. The van der Waals surface area contributed by atoms with Crippen LogP contribution >= 0.6 is 0 Å². The fourth-order valence-electron chi connectivity index (χ4n) is 3.10. The molecule has 4 aromatic rings. The summed E-state index contributed by atoms with van der Waals surface area (Å²) in [6.07, 6.45) is -2.63. The number of carbonyl (C=O) groups excluding carboxylic acids is 1. The SMILES string of the molecule is O=C(N/N=C\c1cccc(C(F)(F)F)c1)c1ccc2nc(Cc3ccccc3)[nH]c2c1. The quantitative estimate of drug-likeness (QED) is 0.353. The number of rotatable bonds is 5. The van der Waals surface area contributed by atoms with Gasteiger partial charge in [-0.2, -0.15) is 18.3 Å². The van der Waals surface area contributed by atoms with Crippen molar-refractivity contribution in [3.8, 4) is 0 Å². The molecule has 0 unspecified atom stereocenters. The highest BCUT2D eigenvalue weighted by Gasteiger charge is 2.30. The number of aromatic amines is 1. The largest absolute Gasteiger partial charge is 0.416 e. The summed E-state index contributed by atoms with van der Waals surface area (Å²) in [6, 6.07) is 19.6. The number of hydrogen-bond acceptors (Lipinski definition) is 3. The zero-order valence-electron chi connectivity index (χ0n) is 16.1. The van der Waals surface area contributed by atoms with Gasteiger partial charge in [0.15, 0.2) is 0 Å². The number of alkyl halides is 3. The summed E-state index contributed by atoms with van der Waals surface area (Å²) in [5, 5.41) is 3.76. The van der Waals surface area contributed by atoms with E-state index in [1.54, 1.807) is 18.2 Å². The van der Waals surface area contributed by atoms with E-state index in [1.165, 1.54) is 18.3 Å². The van der Waals surface area contributed by atoms with Crippen molar-refractivity contribution in [3.63, 3.8) is 0 Å². The molecule has 1 aromatic heterocycles. The number of carbonyl (C=O) groups is 1. The molecule has 31 heavy (non-hydrogen) atoms. The molecular formula is C23H17F3N4O. The van der Waals surface area contributed by atoms with Crippen LogP contribution in [-0.2, 0) is 12.6 Å². The van der Waals surface area contributed by atoms with Crippen LogP contribution in [0.3, 0.4) is 0 Å². The van der Waals surface area contributed by atoms with Gasteiger partial charge in [-0.25, -0.2) is 10.4 Å². The molecule has 0 aliphatic carbocycles.